The zero-order valence-electron chi connectivity index (χ0n) is 17.7. The van der Waals surface area contributed by atoms with E-state index in [9.17, 15) is 14.7 Å². The second-order valence-corrected chi connectivity index (χ2v) is 7.49. The summed E-state index contributed by atoms with van der Waals surface area (Å²) in [6.07, 6.45) is -0.151. The molecule has 0 saturated carbocycles. The molecule has 1 N–H and O–H groups in total. The van der Waals surface area contributed by atoms with Crippen LogP contribution < -0.4 is 9.47 Å². The molecule has 2 aromatic carbocycles. The maximum Gasteiger partial charge on any atom is 0.416 e. The van der Waals surface area contributed by atoms with Gasteiger partial charge >= 0.3 is 12.1 Å². The summed E-state index contributed by atoms with van der Waals surface area (Å²) in [5.41, 5.74) is 1.59. The van der Waals surface area contributed by atoms with E-state index in [0.717, 1.165) is 21.9 Å². The van der Waals surface area contributed by atoms with Gasteiger partial charge in [-0.05, 0) is 48.9 Å². The minimum absolute atomic E-state index is 0.0659. The Labute approximate surface area is 190 Å². The van der Waals surface area contributed by atoms with E-state index in [1.54, 1.807) is 43.3 Å². The molecule has 9 heteroatoms. The van der Waals surface area contributed by atoms with Crippen LogP contribution in [0.4, 0.5) is 4.79 Å². The highest BCUT2D eigenvalue weighted by Gasteiger charge is 2.19. The third-order valence-electron chi connectivity index (χ3n) is 4.51. The predicted octanol–water partition coefficient (Wildman–Crippen LogP) is 4.65. The van der Waals surface area contributed by atoms with Crippen molar-refractivity contribution < 1.29 is 28.6 Å². The normalized spacial score (nSPS) is 10.6. The first-order chi connectivity index (χ1) is 15.3. The number of aliphatic carboxylic acids is 1. The molecule has 32 heavy (non-hydrogen) atoms. The fourth-order valence-corrected chi connectivity index (χ4v) is 3.12. The first-order valence-electron chi connectivity index (χ1n) is 9.89. The summed E-state index contributed by atoms with van der Waals surface area (Å²) >= 11 is 5.82. The lowest BCUT2D eigenvalue weighted by molar-refractivity contribution is -0.138. The van der Waals surface area contributed by atoms with Gasteiger partial charge in [-0.15, -0.1) is 0 Å². The van der Waals surface area contributed by atoms with E-state index in [-0.39, 0.29) is 12.3 Å². The van der Waals surface area contributed by atoms with Crippen molar-refractivity contribution in [2.45, 2.75) is 26.8 Å². The summed E-state index contributed by atoms with van der Waals surface area (Å²) in [5, 5.41) is 9.67. The number of halogens is 1. The lowest BCUT2D eigenvalue weighted by atomic mass is 10.2. The Bertz CT molecular complexity index is 1060. The largest absolute Gasteiger partial charge is 0.493 e. The monoisotopic (exact) mass is 458 g/mol. The van der Waals surface area contributed by atoms with E-state index in [1.807, 2.05) is 6.92 Å². The van der Waals surface area contributed by atoms with Gasteiger partial charge in [-0.2, -0.15) is 0 Å². The topological polar surface area (TPSA) is 102 Å². The van der Waals surface area contributed by atoms with Gasteiger partial charge in [0.1, 0.15) is 23.8 Å². The zero-order valence-corrected chi connectivity index (χ0v) is 18.5. The molecule has 0 bridgehead atoms. The van der Waals surface area contributed by atoms with Crippen molar-refractivity contribution in [3.8, 4) is 11.5 Å². The molecule has 3 rings (SSSR count). The van der Waals surface area contributed by atoms with Crippen LogP contribution in [0.3, 0.4) is 0 Å². The van der Waals surface area contributed by atoms with Crippen LogP contribution in [0.5, 0.6) is 11.5 Å². The van der Waals surface area contributed by atoms with Crippen molar-refractivity contribution >= 4 is 23.7 Å². The Morgan fingerprint density at radius 3 is 2.31 bits per heavy atom. The van der Waals surface area contributed by atoms with Gasteiger partial charge in [0.25, 0.3) is 0 Å². The number of nitrogens with zero attached hydrogens (tertiary/aromatic N) is 2. The van der Waals surface area contributed by atoms with Gasteiger partial charge in [0.15, 0.2) is 5.89 Å². The van der Waals surface area contributed by atoms with Crippen molar-refractivity contribution in [2.24, 2.45) is 0 Å². The number of rotatable bonds is 9. The minimum atomic E-state index is -1.14. The number of carbonyl (C=O) groups is 2. The van der Waals surface area contributed by atoms with Crippen LogP contribution in [0.15, 0.2) is 52.9 Å². The maximum atomic E-state index is 12.5. The van der Waals surface area contributed by atoms with Crippen LogP contribution in [0.2, 0.25) is 5.02 Å². The van der Waals surface area contributed by atoms with Crippen LogP contribution in [-0.2, 0) is 17.8 Å². The molecule has 3 aromatic rings. The number of oxazole rings is 1. The third-order valence-corrected chi connectivity index (χ3v) is 4.76. The lowest BCUT2D eigenvalue weighted by Crippen LogP contribution is -2.37. The predicted molar refractivity (Wildman–Crippen MR) is 117 cm³/mol. The molecule has 1 aromatic heterocycles. The fraction of sp³-hybridized carbons (Fsp3) is 0.261. The first-order valence-corrected chi connectivity index (χ1v) is 10.3. The number of aromatic nitrogens is 1. The Kier molecular flexibility index (Phi) is 7.72. The molecular formula is C23H23ClN2O6. The summed E-state index contributed by atoms with van der Waals surface area (Å²) in [7, 11) is 0. The molecule has 0 saturated heterocycles. The molecule has 0 radical (unpaired) electrons. The second kappa shape index (κ2) is 10.7. The molecule has 0 atom stereocenters. The van der Waals surface area contributed by atoms with E-state index >= 15 is 0 Å². The number of ether oxygens (including phenoxy) is 2. The van der Waals surface area contributed by atoms with Gasteiger partial charge in [-0.3, -0.25) is 9.69 Å². The average molecular weight is 459 g/mol. The summed E-state index contributed by atoms with van der Waals surface area (Å²) in [5.74, 6) is 1.19. The fourth-order valence-electron chi connectivity index (χ4n) is 3.00. The van der Waals surface area contributed by atoms with Gasteiger partial charge in [-0.1, -0.05) is 23.7 Å². The molecule has 1 amide bonds. The van der Waals surface area contributed by atoms with Crippen molar-refractivity contribution in [3.63, 3.8) is 0 Å². The van der Waals surface area contributed by atoms with E-state index in [1.165, 1.54) is 12.1 Å². The van der Waals surface area contributed by atoms with E-state index in [0.29, 0.717) is 29.7 Å². The van der Waals surface area contributed by atoms with Gasteiger partial charge in [0.05, 0.1) is 12.3 Å². The van der Waals surface area contributed by atoms with Crippen LogP contribution in [0.25, 0.3) is 0 Å². The molecule has 168 valence electrons. The lowest BCUT2D eigenvalue weighted by Gasteiger charge is -2.20. The zero-order chi connectivity index (χ0) is 23.1. The van der Waals surface area contributed by atoms with E-state index in [4.69, 9.17) is 25.5 Å². The highest BCUT2D eigenvalue weighted by molar-refractivity contribution is 6.30. The van der Waals surface area contributed by atoms with Crippen molar-refractivity contribution in [2.75, 3.05) is 13.2 Å². The van der Waals surface area contributed by atoms with Crippen LogP contribution in [0, 0.1) is 13.8 Å². The highest BCUT2D eigenvalue weighted by Crippen LogP contribution is 2.18. The molecule has 1 heterocycles. The smallest absolute Gasteiger partial charge is 0.416 e. The standard InChI is InChI=1S/C23H23ClN2O6/c1-15-21(25-16(2)31-15)11-12-30-19-7-3-17(4-8-19)13-26(14-22(27)28)23(29)32-20-9-5-18(24)6-10-20/h3-10H,11-14H2,1-2H3,(H,27,28). The van der Waals surface area contributed by atoms with E-state index in [2.05, 4.69) is 4.98 Å². The molecular weight excluding hydrogens is 436 g/mol. The maximum absolute atomic E-state index is 12.5. The first kappa shape index (κ1) is 23.1. The highest BCUT2D eigenvalue weighted by atomic mass is 35.5. The molecule has 8 nitrogen and oxygen atoms in total. The number of amides is 1. The van der Waals surface area contributed by atoms with Gasteiger partial charge in [-0.25, -0.2) is 9.78 Å². The molecule has 0 aliphatic carbocycles. The molecule has 0 aliphatic rings. The second-order valence-electron chi connectivity index (χ2n) is 7.05. The number of carboxylic acid groups (broad SMARTS) is 1. The summed E-state index contributed by atoms with van der Waals surface area (Å²) in [6.45, 7) is 3.67. The Morgan fingerprint density at radius 1 is 1.06 bits per heavy atom. The molecule has 0 aliphatic heterocycles. The number of hydrogen-bond donors (Lipinski definition) is 1. The number of carbonyl (C=O) groups excluding carboxylic acids is 1. The van der Waals surface area contributed by atoms with Crippen molar-refractivity contribution in [1.82, 2.24) is 9.88 Å². The Hall–Kier alpha value is -3.52. The summed E-state index contributed by atoms with van der Waals surface area (Å²) in [6, 6.07) is 13.3. The van der Waals surface area contributed by atoms with Crippen LogP contribution >= 0.6 is 11.6 Å². The van der Waals surface area contributed by atoms with Gasteiger partial charge in [0.2, 0.25) is 0 Å². The van der Waals surface area contributed by atoms with Crippen molar-refractivity contribution in [1.29, 1.82) is 0 Å². The van der Waals surface area contributed by atoms with Gasteiger partial charge < -0.3 is 19.0 Å². The summed E-state index contributed by atoms with van der Waals surface area (Å²) < 4.78 is 16.4. The number of aryl methyl sites for hydroxylation is 2. The number of carboxylic acids is 1. The Morgan fingerprint density at radius 2 is 1.72 bits per heavy atom. The van der Waals surface area contributed by atoms with Crippen LogP contribution in [-0.4, -0.2) is 40.2 Å². The average Bonchev–Trinajstić information content (AvgIpc) is 3.07. The minimum Gasteiger partial charge on any atom is -0.493 e. The number of hydrogen-bond acceptors (Lipinski definition) is 6. The van der Waals surface area contributed by atoms with Crippen LogP contribution in [0.1, 0.15) is 22.9 Å². The van der Waals surface area contributed by atoms with E-state index < -0.39 is 18.6 Å². The molecule has 0 fully saturated rings. The Balaban J connectivity index is 1.57. The molecule has 0 unspecified atom stereocenters. The summed E-state index contributed by atoms with van der Waals surface area (Å²) in [4.78, 5) is 29.1. The number of benzene rings is 2. The SMILES string of the molecule is Cc1nc(CCOc2ccc(CN(CC(=O)O)C(=O)Oc3ccc(Cl)cc3)cc2)c(C)o1. The quantitative estimate of drug-likeness (QED) is 0.497. The third kappa shape index (κ3) is 6.75. The van der Waals surface area contributed by atoms with Gasteiger partial charge in [0, 0.05) is 24.9 Å². The van der Waals surface area contributed by atoms with Crippen molar-refractivity contribution in [3.05, 3.63) is 76.5 Å². The molecule has 0 spiro atoms.